The van der Waals surface area contributed by atoms with Crippen molar-refractivity contribution in [3.05, 3.63) is 60.4 Å². The number of nitrogens with one attached hydrogen (secondary N) is 2. The molecule has 0 aliphatic carbocycles. The Bertz CT molecular complexity index is 1480. The third kappa shape index (κ3) is 5.68. The minimum Gasteiger partial charge on any atom is -0.492 e. The summed E-state index contributed by atoms with van der Waals surface area (Å²) in [5.41, 5.74) is 4.08. The zero-order valence-electron chi connectivity index (χ0n) is 19.0. The van der Waals surface area contributed by atoms with Gasteiger partial charge < -0.3 is 19.9 Å². The van der Waals surface area contributed by atoms with Gasteiger partial charge in [0.2, 0.25) is 0 Å². The number of nitriles is 1. The molecule has 0 bridgehead atoms. The Hall–Kier alpha value is -3.32. The van der Waals surface area contributed by atoms with Crippen molar-refractivity contribution in [2.45, 2.75) is 6.42 Å². The molecule has 0 spiro atoms. The second-order valence-corrected chi connectivity index (χ2v) is 10.7. The Morgan fingerprint density at radius 3 is 2.77 bits per heavy atom. The number of benzene rings is 2. The largest absolute Gasteiger partial charge is 0.492 e. The molecule has 1 fully saturated rings. The van der Waals surface area contributed by atoms with Gasteiger partial charge in [0.25, 0.3) is 0 Å². The van der Waals surface area contributed by atoms with Gasteiger partial charge in [0.15, 0.2) is 9.84 Å². The van der Waals surface area contributed by atoms with Gasteiger partial charge in [-0.05, 0) is 42.8 Å². The summed E-state index contributed by atoms with van der Waals surface area (Å²) in [5, 5.41) is 15.1. The average Bonchev–Trinajstić information content (AvgIpc) is 3.30. The molecule has 3 heterocycles. The van der Waals surface area contributed by atoms with E-state index in [2.05, 4.69) is 32.3 Å². The average molecular weight is 512 g/mol. The third-order valence-corrected chi connectivity index (χ3v) is 7.72. The first-order chi connectivity index (χ1) is 16.5. The van der Waals surface area contributed by atoms with Gasteiger partial charge in [-0.2, -0.15) is 5.26 Å². The molecule has 0 amide bonds. The summed E-state index contributed by atoms with van der Waals surface area (Å²) in [7, 11) is -2.87. The van der Waals surface area contributed by atoms with Crippen LogP contribution >= 0.6 is 12.4 Å². The minimum absolute atomic E-state index is 0. The first-order valence-electron chi connectivity index (χ1n) is 11.2. The lowest BCUT2D eigenvalue weighted by Gasteiger charge is -2.26. The molecule has 1 aliphatic heterocycles. The molecule has 10 heteroatoms. The van der Waals surface area contributed by atoms with Gasteiger partial charge in [0, 0.05) is 65.8 Å². The Kier molecular flexibility index (Phi) is 7.45. The highest BCUT2D eigenvalue weighted by Gasteiger charge is 2.21. The van der Waals surface area contributed by atoms with Crippen LogP contribution < -0.4 is 10.1 Å². The van der Waals surface area contributed by atoms with E-state index in [0.29, 0.717) is 31.0 Å². The van der Waals surface area contributed by atoms with Gasteiger partial charge in [-0.25, -0.2) is 8.42 Å². The molecule has 0 radical (unpaired) electrons. The van der Waals surface area contributed by atoms with Crippen LogP contribution in [0.15, 0.2) is 54.9 Å². The van der Waals surface area contributed by atoms with Crippen LogP contribution in [0.4, 0.5) is 11.4 Å². The summed E-state index contributed by atoms with van der Waals surface area (Å²) in [4.78, 5) is 9.81. The standard InChI is InChI=1S/C25H25N5O3S.ClH/c26-17-19-15-21-23(29-20-2-3-22-18(14-20)4-6-27-22)5-7-28-24(21)16-25(19)33-11-1-8-30-9-12-34(31,32)13-10-30;/h2-7,14-16,27H,1,8-13H2,(H,28,29);1H. The van der Waals surface area contributed by atoms with Crippen molar-refractivity contribution in [2.75, 3.05) is 43.1 Å². The van der Waals surface area contributed by atoms with Crippen molar-refractivity contribution in [3.63, 3.8) is 0 Å². The molecule has 2 aromatic heterocycles. The Morgan fingerprint density at radius 2 is 1.97 bits per heavy atom. The molecule has 4 aromatic rings. The summed E-state index contributed by atoms with van der Waals surface area (Å²) >= 11 is 0. The first kappa shape index (κ1) is 24.8. The highest BCUT2D eigenvalue weighted by Crippen LogP contribution is 2.31. The van der Waals surface area contributed by atoms with Gasteiger partial charge in [0.1, 0.15) is 11.8 Å². The maximum absolute atomic E-state index is 11.6. The molecule has 0 atom stereocenters. The Labute approximate surface area is 210 Å². The van der Waals surface area contributed by atoms with E-state index in [4.69, 9.17) is 4.74 Å². The van der Waals surface area contributed by atoms with E-state index in [1.54, 1.807) is 6.20 Å². The number of aromatic amines is 1. The van der Waals surface area contributed by atoms with E-state index in [1.165, 1.54) is 0 Å². The molecule has 182 valence electrons. The quantitative estimate of drug-likeness (QED) is 0.357. The van der Waals surface area contributed by atoms with Gasteiger partial charge in [-0.15, -0.1) is 12.4 Å². The minimum atomic E-state index is -2.87. The summed E-state index contributed by atoms with van der Waals surface area (Å²) in [6, 6.07) is 15.9. The number of halogens is 1. The maximum Gasteiger partial charge on any atom is 0.152 e. The molecule has 0 unspecified atom stereocenters. The number of fused-ring (bicyclic) bond motifs is 2. The van der Waals surface area contributed by atoms with Gasteiger partial charge in [-0.1, -0.05) is 0 Å². The zero-order chi connectivity index (χ0) is 23.5. The van der Waals surface area contributed by atoms with E-state index in [0.717, 1.165) is 46.1 Å². The van der Waals surface area contributed by atoms with Crippen LogP contribution in [0.2, 0.25) is 0 Å². The van der Waals surface area contributed by atoms with E-state index >= 15 is 0 Å². The third-order valence-electron chi connectivity index (χ3n) is 6.11. The summed E-state index contributed by atoms with van der Waals surface area (Å²) in [5.74, 6) is 0.950. The Balaban J connectivity index is 0.00000289. The summed E-state index contributed by atoms with van der Waals surface area (Å²) in [6.07, 6.45) is 4.40. The first-order valence-corrected chi connectivity index (χ1v) is 13.1. The molecule has 8 nitrogen and oxygen atoms in total. The fraction of sp³-hybridized carbons (Fsp3) is 0.280. The number of pyridine rings is 1. The monoisotopic (exact) mass is 511 g/mol. The van der Waals surface area contributed by atoms with E-state index in [9.17, 15) is 13.7 Å². The number of rotatable bonds is 7. The zero-order valence-corrected chi connectivity index (χ0v) is 20.7. The van der Waals surface area contributed by atoms with E-state index in [1.807, 2.05) is 42.6 Å². The molecule has 5 rings (SSSR count). The van der Waals surface area contributed by atoms with Crippen LogP contribution in [0.25, 0.3) is 21.8 Å². The smallest absolute Gasteiger partial charge is 0.152 e. The van der Waals surface area contributed by atoms with Crippen molar-refractivity contribution < 1.29 is 13.2 Å². The lowest BCUT2D eigenvalue weighted by molar-refractivity contribution is 0.245. The van der Waals surface area contributed by atoms with Crippen LogP contribution in [0, 0.1) is 11.3 Å². The SMILES string of the molecule is Cl.N#Cc1cc2c(Nc3ccc4[nH]ccc4c3)ccnc2cc1OCCCN1CCS(=O)(=O)CC1. The number of ether oxygens (including phenoxy) is 1. The van der Waals surface area contributed by atoms with Crippen LogP contribution in [-0.4, -0.2) is 61.0 Å². The fourth-order valence-electron chi connectivity index (χ4n) is 4.22. The molecular weight excluding hydrogens is 486 g/mol. The highest BCUT2D eigenvalue weighted by atomic mass is 35.5. The van der Waals surface area contributed by atoms with Crippen molar-refractivity contribution in [1.29, 1.82) is 5.26 Å². The van der Waals surface area contributed by atoms with Crippen LogP contribution in [0.3, 0.4) is 0 Å². The number of anilines is 2. The van der Waals surface area contributed by atoms with Crippen molar-refractivity contribution in [1.82, 2.24) is 14.9 Å². The lowest BCUT2D eigenvalue weighted by Crippen LogP contribution is -2.40. The molecule has 1 aliphatic rings. The fourth-order valence-corrected chi connectivity index (χ4v) is 5.50. The molecule has 2 aromatic carbocycles. The van der Waals surface area contributed by atoms with Crippen molar-refractivity contribution in [2.24, 2.45) is 0 Å². The number of aromatic nitrogens is 2. The lowest BCUT2D eigenvalue weighted by atomic mass is 10.1. The van der Waals surface area contributed by atoms with Gasteiger partial charge in [-0.3, -0.25) is 4.98 Å². The van der Waals surface area contributed by atoms with Crippen LogP contribution in [0.5, 0.6) is 5.75 Å². The van der Waals surface area contributed by atoms with E-state index in [-0.39, 0.29) is 23.9 Å². The topological polar surface area (TPSA) is 111 Å². The molecule has 0 saturated carbocycles. The van der Waals surface area contributed by atoms with Crippen molar-refractivity contribution >= 4 is 55.4 Å². The van der Waals surface area contributed by atoms with Crippen molar-refractivity contribution in [3.8, 4) is 11.8 Å². The second kappa shape index (κ2) is 10.5. The Morgan fingerprint density at radius 1 is 1.14 bits per heavy atom. The molecule has 35 heavy (non-hydrogen) atoms. The number of H-pyrrole nitrogens is 1. The predicted octanol–water partition coefficient (Wildman–Crippen LogP) is 4.25. The summed E-state index contributed by atoms with van der Waals surface area (Å²) < 4.78 is 29.1. The molecular formula is C25H26ClN5O3S. The number of sulfone groups is 1. The van der Waals surface area contributed by atoms with Crippen LogP contribution in [0.1, 0.15) is 12.0 Å². The highest BCUT2D eigenvalue weighted by molar-refractivity contribution is 7.91. The van der Waals surface area contributed by atoms with E-state index < -0.39 is 9.84 Å². The number of hydrogen-bond donors (Lipinski definition) is 2. The molecule has 1 saturated heterocycles. The van der Waals surface area contributed by atoms with Gasteiger partial charge in [0.05, 0.1) is 29.2 Å². The predicted molar refractivity (Wildman–Crippen MR) is 140 cm³/mol. The normalized spacial score (nSPS) is 15.4. The maximum atomic E-state index is 11.6. The number of hydrogen-bond acceptors (Lipinski definition) is 7. The van der Waals surface area contributed by atoms with Crippen LogP contribution in [-0.2, 0) is 9.84 Å². The summed E-state index contributed by atoms with van der Waals surface area (Å²) in [6.45, 7) is 2.35. The number of nitrogens with zero attached hydrogens (tertiary/aromatic N) is 3. The molecule has 2 N–H and O–H groups in total. The van der Waals surface area contributed by atoms with Gasteiger partial charge >= 0.3 is 0 Å². The second-order valence-electron chi connectivity index (χ2n) is 8.44.